The molecule has 0 amide bonds. The maximum Gasteiger partial charge on any atom is 0.378 e. The first-order valence-electron chi connectivity index (χ1n) is 5.44. The number of hydrogen-bond donors (Lipinski definition) is 0. The van der Waals surface area contributed by atoms with Crippen LogP contribution in [0.15, 0.2) is 22.9 Å². The first kappa shape index (κ1) is 11.4. The van der Waals surface area contributed by atoms with Crippen LogP contribution in [0.25, 0.3) is 11.0 Å². The fourth-order valence-electron chi connectivity index (χ4n) is 1.54. The normalized spacial score (nSPS) is 10.5. The van der Waals surface area contributed by atoms with Crippen molar-refractivity contribution in [3.8, 4) is 5.75 Å². The van der Waals surface area contributed by atoms with E-state index in [0.717, 1.165) is 0 Å². The van der Waals surface area contributed by atoms with Crippen LogP contribution in [0.3, 0.4) is 0 Å². The number of carbonyl (C=O) groups excluding carboxylic acids is 1. The van der Waals surface area contributed by atoms with E-state index in [-0.39, 0.29) is 5.76 Å². The summed E-state index contributed by atoms with van der Waals surface area (Å²) in [4.78, 5) is 15.7. The minimum Gasteiger partial charge on any atom is -0.489 e. The number of aromatic nitrogens is 1. The quantitative estimate of drug-likeness (QED) is 0.761. The van der Waals surface area contributed by atoms with Gasteiger partial charge in [0.05, 0.1) is 18.6 Å². The van der Waals surface area contributed by atoms with Gasteiger partial charge in [0, 0.05) is 12.4 Å². The number of furan rings is 1. The minimum absolute atomic E-state index is 0.0942. The topological polar surface area (TPSA) is 61.6 Å². The average molecular weight is 235 g/mol. The van der Waals surface area contributed by atoms with Crippen LogP contribution in [0, 0.1) is 0 Å². The van der Waals surface area contributed by atoms with Gasteiger partial charge in [-0.1, -0.05) is 0 Å². The van der Waals surface area contributed by atoms with Gasteiger partial charge in [-0.3, -0.25) is 4.98 Å². The zero-order valence-corrected chi connectivity index (χ0v) is 9.73. The second-order valence-corrected chi connectivity index (χ2v) is 3.29. The highest BCUT2D eigenvalue weighted by Crippen LogP contribution is 2.32. The molecule has 5 nitrogen and oxygen atoms in total. The molecule has 0 atom stereocenters. The highest BCUT2D eigenvalue weighted by molar-refractivity contribution is 5.98. The van der Waals surface area contributed by atoms with Gasteiger partial charge in [0.15, 0.2) is 5.75 Å². The molecular formula is C12H13NO4. The van der Waals surface area contributed by atoms with Crippen LogP contribution in [0.5, 0.6) is 5.75 Å². The van der Waals surface area contributed by atoms with Crippen LogP contribution in [0.4, 0.5) is 0 Å². The summed E-state index contributed by atoms with van der Waals surface area (Å²) >= 11 is 0. The summed E-state index contributed by atoms with van der Waals surface area (Å²) in [6, 6.07) is 1.68. The van der Waals surface area contributed by atoms with E-state index in [0.29, 0.717) is 29.9 Å². The van der Waals surface area contributed by atoms with Crippen LogP contribution < -0.4 is 4.74 Å². The zero-order valence-electron chi connectivity index (χ0n) is 9.73. The summed E-state index contributed by atoms with van der Waals surface area (Å²) in [5.74, 6) is -0.0297. The molecule has 17 heavy (non-hydrogen) atoms. The fraction of sp³-hybridized carbons (Fsp3) is 0.333. The number of nitrogens with zero attached hydrogens (tertiary/aromatic N) is 1. The maximum atomic E-state index is 11.7. The van der Waals surface area contributed by atoms with Crippen LogP contribution in [-0.4, -0.2) is 24.2 Å². The lowest BCUT2D eigenvalue weighted by Gasteiger charge is -2.03. The Labute approximate surface area is 98.3 Å². The lowest BCUT2D eigenvalue weighted by atomic mass is 10.3. The SMILES string of the molecule is CCOC(=O)c1oc2ccncc2c1OCC. The Bertz CT molecular complexity index is 532. The van der Waals surface area contributed by atoms with Gasteiger partial charge in [0.1, 0.15) is 5.58 Å². The molecule has 2 aromatic heterocycles. The molecule has 90 valence electrons. The van der Waals surface area contributed by atoms with Gasteiger partial charge in [-0.25, -0.2) is 4.79 Å². The van der Waals surface area contributed by atoms with Gasteiger partial charge in [-0.15, -0.1) is 0 Å². The summed E-state index contributed by atoms with van der Waals surface area (Å²) in [5, 5.41) is 0.678. The Morgan fingerprint density at radius 2 is 2.24 bits per heavy atom. The van der Waals surface area contributed by atoms with Crippen LogP contribution >= 0.6 is 0 Å². The third-order valence-electron chi connectivity index (χ3n) is 2.19. The standard InChI is InChI=1S/C12H13NO4/c1-3-15-10-8-7-13-6-5-9(8)17-11(10)12(14)16-4-2/h5-7H,3-4H2,1-2H3. The van der Waals surface area contributed by atoms with Crippen molar-refractivity contribution in [2.45, 2.75) is 13.8 Å². The van der Waals surface area contributed by atoms with Crippen molar-refractivity contribution in [2.75, 3.05) is 13.2 Å². The molecule has 0 aliphatic heterocycles. The minimum atomic E-state index is -0.521. The van der Waals surface area contributed by atoms with E-state index in [4.69, 9.17) is 13.9 Å². The average Bonchev–Trinajstić information content (AvgIpc) is 2.70. The number of ether oxygens (including phenoxy) is 2. The Morgan fingerprint density at radius 1 is 1.41 bits per heavy atom. The van der Waals surface area contributed by atoms with Crippen molar-refractivity contribution >= 4 is 16.9 Å². The second-order valence-electron chi connectivity index (χ2n) is 3.29. The van der Waals surface area contributed by atoms with E-state index in [1.807, 2.05) is 6.92 Å². The molecule has 0 spiro atoms. The number of hydrogen-bond acceptors (Lipinski definition) is 5. The summed E-state index contributed by atoms with van der Waals surface area (Å²) in [5.41, 5.74) is 0.562. The smallest absolute Gasteiger partial charge is 0.378 e. The van der Waals surface area contributed by atoms with E-state index in [1.54, 1.807) is 25.4 Å². The molecule has 0 saturated heterocycles. The van der Waals surface area contributed by atoms with E-state index < -0.39 is 5.97 Å². The Kier molecular flexibility index (Phi) is 3.27. The summed E-state index contributed by atoms with van der Waals surface area (Å²) in [6.07, 6.45) is 3.20. The van der Waals surface area contributed by atoms with Crippen molar-refractivity contribution in [3.63, 3.8) is 0 Å². The molecule has 0 aliphatic carbocycles. The molecule has 0 saturated carbocycles. The Morgan fingerprint density at radius 3 is 2.94 bits per heavy atom. The highest BCUT2D eigenvalue weighted by Gasteiger charge is 2.22. The second kappa shape index (κ2) is 4.86. The van der Waals surface area contributed by atoms with Gasteiger partial charge in [0.25, 0.3) is 5.76 Å². The highest BCUT2D eigenvalue weighted by atomic mass is 16.6. The number of fused-ring (bicyclic) bond motifs is 1. The molecule has 5 heteroatoms. The summed E-state index contributed by atoms with van der Waals surface area (Å²) in [6.45, 7) is 4.31. The Hall–Kier alpha value is -2.04. The first-order valence-corrected chi connectivity index (χ1v) is 5.44. The third kappa shape index (κ3) is 2.08. The van der Waals surface area contributed by atoms with Crippen molar-refractivity contribution in [1.29, 1.82) is 0 Å². The van der Waals surface area contributed by atoms with Crippen molar-refractivity contribution in [1.82, 2.24) is 4.98 Å². The molecule has 0 aromatic carbocycles. The van der Waals surface area contributed by atoms with Crippen LogP contribution in [-0.2, 0) is 4.74 Å². The number of esters is 1. The van der Waals surface area contributed by atoms with Crippen molar-refractivity contribution < 1.29 is 18.7 Å². The molecule has 2 heterocycles. The van der Waals surface area contributed by atoms with Crippen LogP contribution in [0.1, 0.15) is 24.4 Å². The van der Waals surface area contributed by atoms with Crippen molar-refractivity contribution in [2.24, 2.45) is 0 Å². The zero-order chi connectivity index (χ0) is 12.3. The first-order chi connectivity index (χ1) is 8.27. The summed E-state index contributed by atoms with van der Waals surface area (Å²) in [7, 11) is 0. The molecule has 0 aliphatic rings. The number of rotatable bonds is 4. The molecule has 0 bridgehead atoms. The Balaban J connectivity index is 2.53. The fourth-order valence-corrected chi connectivity index (χ4v) is 1.54. The third-order valence-corrected chi connectivity index (χ3v) is 2.19. The van der Waals surface area contributed by atoms with E-state index >= 15 is 0 Å². The molecule has 0 N–H and O–H groups in total. The lowest BCUT2D eigenvalue weighted by Crippen LogP contribution is -2.05. The van der Waals surface area contributed by atoms with Gasteiger partial charge in [-0.2, -0.15) is 0 Å². The molecule has 0 unspecified atom stereocenters. The van der Waals surface area contributed by atoms with Gasteiger partial charge in [0.2, 0.25) is 0 Å². The van der Waals surface area contributed by atoms with Crippen molar-refractivity contribution in [3.05, 3.63) is 24.2 Å². The largest absolute Gasteiger partial charge is 0.489 e. The molecule has 0 fully saturated rings. The van der Waals surface area contributed by atoms with Gasteiger partial charge < -0.3 is 13.9 Å². The number of carbonyl (C=O) groups is 1. The monoisotopic (exact) mass is 235 g/mol. The summed E-state index contributed by atoms with van der Waals surface area (Å²) < 4.78 is 15.8. The molecule has 2 aromatic rings. The molecule has 0 radical (unpaired) electrons. The van der Waals surface area contributed by atoms with E-state index in [9.17, 15) is 4.79 Å². The van der Waals surface area contributed by atoms with Gasteiger partial charge >= 0.3 is 5.97 Å². The van der Waals surface area contributed by atoms with E-state index in [1.165, 1.54) is 0 Å². The number of pyridine rings is 1. The predicted octanol–water partition coefficient (Wildman–Crippen LogP) is 2.40. The van der Waals surface area contributed by atoms with Gasteiger partial charge in [-0.05, 0) is 19.9 Å². The predicted molar refractivity (Wildman–Crippen MR) is 61.1 cm³/mol. The van der Waals surface area contributed by atoms with E-state index in [2.05, 4.69) is 4.98 Å². The molecular weight excluding hydrogens is 222 g/mol. The van der Waals surface area contributed by atoms with Crippen LogP contribution in [0.2, 0.25) is 0 Å². The molecule has 2 rings (SSSR count). The maximum absolute atomic E-state index is 11.7. The lowest BCUT2D eigenvalue weighted by molar-refractivity contribution is 0.0487.